The third-order valence-corrected chi connectivity index (χ3v) is 7.20. The zero-order valence-corrected chi connectivity index (χ0v) is 18.9. The molecule has 174 valence electrons. The van der Waals surface area contributed by atoms with E-state index >= 15 is 0 Å². The number of fused-ring (bicyclic) bond motifs is 1. The van der Waals surface area contributed by atoms with Gasteiger partial charge in [0.1, 0.15) is 0 Å². The van der Waals surface area contributed by atoms with Crippen LogP contribution in [0.4, 0.5) is 13.2 Å². The first-order valence-corrected chi connectivity index (χ1v) is 11.7. The molecule has 5 rings (SSSR count). The Bertz CT molecular complexity index is 1260. The third kappa shape index (κ3) is 4.60. The minimum atomic E-state index is -4.40. The lowest BCUT2D eigenvalue weighted by Crippen LogP contribution is -2.39. The van der Waals surface area contributed by atoms with Crippen LogP contribution in [0.15, 0.2) is 71.6 Å². The van der Waals surface area contributed by atoms with Crippen molar-refractivity contribution in [3.8, 4) is 11.1 Å². The Balaban J connectivity index is 1.28. The summed E-state index contributed by atoms with van der Waals surface area (Å²) in [7, 11) is 0. The molecule has 1 fully saturated rings. The molecule has 8 heteroatoms. The summed E-state index contributed by atoms with van der Waals surface area (Å²) in [6, 6.07) is 18.7. The van der Waals surface area contributed by atoms with Crippen LogP contribution in [-0.4, -0.2) is 16.1 Å². The van der Waals surface area contributed by atoms with Gasteiger partial charge in [0.2, 0.25) is 11.8 Å². The van der Waals surface area contributed by atoms with Crippen LogP contribution in [0.1, 0.15) is 41.0 Å². The molecule has 1 saturated heterocycles. The molecule has 0 bridgehead atoms. The second-order valence-electron chi connectivity index (χ2n) is 8.49. The predicted molar refractivity (Wildman–Crippen MR) is 124 cm³/mol. The average molecular weight is 483 g/mol. The van der Waals surface area contributed by atoms with Crippen molar-refractivity contribution in [2.75, 3.05) is 0 Å². The molecule has 4 nitrogen and oxygen atoms in total. The van der Waals surface area contributed by atoms with Crippen LogP contribution in [0, 0.1) is 0 Å². The molecule has 0 aromatic heterocycles. The number of nitrogens with one attached hydrogen (secondary N) is 1. The second-order valence-corrected chi connectivity index (χ2v) is 9.66. The summed E-state index contributed by atoms with van der Waals surface area (Å²) in [6.45, 7) is 1.42. The molecule has 2 amide bonds. The highest BCUT2D eigenvalue weighted by molar-refractivity contribution is 7.97. The lowest BCUT2D eigenvalue weighted by Gasteiger charge is -2.21. The molecule has 0 radical (unpaired) electrons. The molecule has 0 saturated carbocycles. The van der Waals surface area contributed by atoms with Gasteiger partial charge in [-0.3, -0.25) is 14.9 Å². The van der Waals surface area contributed by atoms with Gasteiger partial charge in [-0.15, -0.1) is 0 Å². The number of hydrogen-bond acceptors (Lipinski definition) is 4. The van der Waals surface area contributed by atoms with Gasteiger partial charge in [-0.2, -0.15) is 13.2 Å². The van der Waals surface area contributed by atoms with E-state index in [-0.39, 0.29) is 23.3 Å². The lowest BCUT2D eigenvalue weighted by molar-refractivity contribution is -0.137. The Kier molecular flexibility index (Phi) is 5.95. The van der Waals surface area contributed by atoms with Crippen LogP contribution < -0.4 is 5.32 Å². The minimum absolute atomic E-state index is 0.168. The highest BCUT2D eigenvalue weighted by atomic mass is 32.2. The number of alkyl halides is 3. The first-order valence-electron chi connectivity index (χ1n) is 10.9. The summed E-state index contributed by atoms with van der Waals surface area (Å²) in [5.74, 6) is -0.776. The van der Waals surface area contributed by atoms with Gasteiger partial charge in [0, 0.05) is 24.4 Å². The Morgan fingerprint density at radius 3 is 2.38 bits per heavy atom. The zero-order chi connectivity index (χ0) is 23.9. The number of rotatable bonds is 4. The van der Waals surface area contributed by atoms with Crippen molar-refractivity contribution in [2.24, 2.45) is 0 Å². The molecule has 2 aliphatic rings. The topological polar surface area (TPSA) is 49.4 Å². The van der Waals surface area contributed by atoms with Crippen LogP contribution in [0.3, 0.4) is 0 Å². The number of benzene rings is 3. The summed E-state index contributed by atoms with van der Waals surface area (Å²) in [4.78, 5) is 24.6. The Morgan fingerprint density at radius 2 is 1.65 bits per heavy atom. The van der Waals surface area contributed by atoms with Crippen LogP contribution in [0.2, 0.25) is 0 Å². The first kappa shape index (κ1) is 22.7. The quantitative estimate of drug-likeness (QED) is 0.371. The summed E-state index contributed by atoms with van der Waals surface area (Å²) >= 11 is 1.55. The third-order valence-electron chi connectivity index (χ3n) is 6.20. The predicted octanol–water partition coefficient (Wildman–Crippen LogP) is 5.92. The van der Waals surface area contributed by atoms with Crippen LogP contribution in [0.5, 0.6) is 0 Å². The van der Waals surface area contributed by atoms with Crippen molar-refractivity contribution < 1.29 is 22.8 Å². The smallest absolute Gasteiger partial charge is 0.296 e. The molecule has 3 aromatic carbocycles. The van der Waals surface area contributed by atoms with E-state index < -0.39 is 11.7 Å². The number of halogens is 3. The molecule has 0 aliphatic carbocycles. The molecule has 1 unspecified atom stereocenters. The largest absolute Gasteiger partial charge is 0.417 e. The summed E-state index contributed by atoms with van der Waals surface area (Å²) in [6.07, 6.45) is -3.54. The van der Waals surface area contributed by atoms with E-state index in [1.165, 1.54) is 17.7 Å². The summed E-state index contributed by atoms with van der Waals surface area (Å²) in [5, 5.41) is 2.41. The van der Waals surface area contributed by atoms with Gasteiger partial charge in [-0.25, -0.2) is 4.31 Å². The number of imide groups is 1. The van der Waals surface area contributed by atoms with Gasteiger partial charge < -0.3 is 0 Å². The van der Waals surface area contributed by atoms with Gasteiger partial charge in [-0.1, -0.05) is 48.5 Å². The monoisotopic (exact) mass is 482 g/mol. The van der Waals surface area contributed by atoms with Crippen molar-refractivity contribution in [1.82, 2.24) is 9.62 Å². The summed E-state index contributed by atoms with van der Waals surface area (Å²) in [5.41, 5.74) is 3.29. The molecule has 1 N–H and O–H groups in total. The molecule has 2 aliphatic heterocycles. The van der Waals surface area contributed by atoms with Crippen molar-refractivity contribution in [2.45, 2.75) is 42.9 Å². The van der Waals surface area contributed by atoms with Gasteiger partial charge in [0.15, 0.2) is 0 Å². The van der Waals surface area contributed by atoms with E-state index in [1.807, 2.05) is 30.3 Å². The second kappa shape index (κ2) is 8.92. The van der Waals surface area contributed by atoms with E-state index in [0.717, 1.165) is 28.6 Å². The van der Waals surface area contributed by atoms with E-state index in [1.54, 1.807) is 30.1 Å². The number of piperidine rings is 1. The van der Waals surface area contributed by atoms with E-state index in [4.69, 9.17) is 0 Å². The first-order chi connectivity index (χ1) is 16.3. The van der Waals surface area contributed by atoms with Crippen molar-refractivity contribution in [1.29, 1.82) is 0 Å². The summed E-state index contributed by atoms with van der Waals surface area (Å²) < 4.78 is 42.2. The minimum Gasteiger partial charge on any atom is -0.296 e. The van der Waals surface area contributed by atoms with Crippen LogP contribution in [-0.2, 0) is 28.9 Å². The Hall–Kier alpha value is -3.10. The maximum Gasteiger partial charge on any atom is 0.417 e. The molecule has 34 heavy (non-hydrogen) atoms. The number of nitrogens with zero attached hydrogens (tertiary/aromatic N) is 1. The van der Waals surface area contributed by atoms with E-state index in [2.05, 4.69) is 9.62 Å². The highest BCUT2D eigenvalue weighted by Gasteiger charge is 2.33. The standard InChI is InChI=1S/C26H21F3N2O2S/c27-26(28,29)23-4-2-1-3-21(23)16-7-9-20(10-8-16)34-31-14-18-6-5-17(13-19(18)15-31)22-11-12-24(32)30-25(22)33/h1-10,13,22H,11-12,14-15H2,(H,30,32,33). The van der Waals surface area contributed by atoms with E-state index in [9.17, 15) is 22.8 Å². The number of carbonyl (C=O) groups excluding carboxylic acids is 2. The van der Waals surface area contributed by atoms with E-state index in [0.29, 0.717) is 24.9 Å². The zero-order valence-electron chi connectivity index (χ0n) is 18.1. The molecular weight excluding hydrogens is 461 g/mol. The van der Waals surface area contributed by atoms with Crippen LogP contribution >= 0.6 is 11.9 Å². The number of hydrogen-bond donors (Lipinski definition) is 1. The molecule has 2 heterocycles. The van der Waals surface area contributed by atoms with Gasteiger partial charge in [-0.05, 0) is 64.4 Å². The van der Waals surface area contributed by atoms with Gasteiger partial charge >= 0.3 is 6.18 Å². The molecule has 0 spiro atoms. The van der Waals surface area contributed by atoms with Gasteiger partial charge in [0.25, 0.3) is 0 Å². The van der Waals surface area contributed by atoms with Crippen molar-refractivity contribution in [3.05, 3.63) is 89.0 Å². The lowest BCUT2D eigenvalue weighted by atomic mass is 9.89. The van der Waals surface area contributed by atoms with Crippen LogP contribution in [0.25, 0.3) is 11.1 Å². The fourth-order valence-corrected chi connectivity index (χ4v) is 5.47. The number of carbonyl (C=O) groups is 2. The number of amides is 2. The highest BCUT2D eigenvalue weighted by Crippen LogP contribution is 2.39. The molecule has 3 aromatic rings. The SMILES string of the molecule is O=C1CCC(c2ccc3c(c2)CN(Sc2ccc(-c4ccccc4C(F)(F)F)cc2)C3)C(=O)N1. The maximum atomic E-state index is 13.4. The molecular formula is C26H21F3N2O2S. The Morgan fingerprint density at radius 1 is 0.912 bits per heavy atom. The fraction of sp³-hybridized carbons (Fsp3) is 0.231. The van der Waals surface area contributed by atoms with Gasteiger partial charge in [0.05, 0.1) is 11.5 Å². The molecule has 1 atom stereocenters. The average Bonchev–Trinajstić information content (AvgIpc) is 3.20. The van der Waals surface area contributed by atoms with Crippen molar-refractivity contribution >= 4 is 23.8 Å². The van der Waals surface area contributed by atoms with Crippen molar-refractivity contribution in [3.63, 3.8) is 0 Å². The maximum absolute atomic E-state index is 13.4. The normalized spacial score (nSPS) is 18.6. The fourth-order valence-electron chi connectivity index (χ4n) is 4.50. The Labute approximate surface area is 199 Å².